The predicted molar refractivity (Wildman–Crippen MR) is 54.8 cm³/mol. The zero-order valence-corrected chi connectivity index (χ0v) is 9.44. The monoisotopic (exact) mass is 194 g/mol. The van der Waals surface area contributed by atoms with E-state index in [4.69, 9.17) is 4.74 Å². The molecule has 1 heterocycles. The summed E-state index contributed by atoms with van der Waals surface area (Å²) in [6.45, 7) is 9.10. The topological polar surface area (TPSA) is 26.3 Å². The van der Waals surface area contributed by atoms with Gasteiger partial charge in [-0.05, 0) is 5.41 Å². The summed E-state index contributed by atoms with van der Waals surface area (Å²) < 4.78 is 5.64. The van der Waals surface area contributed by atoms with E-state index in [1.165, 1.54) is 0 Å². The normalized spacial score (nSPS) is 28.7. The molecule has 14 heavy (non-hydrogen) atoms. The van der Waals surface area contributed by atoms with Gasteiger partial charge >= 0.3 is 0 Å². The lowest BCUT2D eigenvalue weighted by Crippen LogP contribution is -2.29. The minimum Gasteiger partial charge on any atom is -0.497 e. The predicted octanol–water partition coefficient (Wildman–Crippen LogP) is 2.69. The summed E-state index contributed by atoms with van der Waals surface area (Å²) in [4.78, 5) is 12.0. The third-order valence-corrected chi connectivity index (χ3v) is 3.12. The number of rotatable bonds is 0. The Kier molecular flexibility index (Phi) is 1.82. The number of allylic oxidation sites excluding steroid dienone is 1. The Bertz CT molecular complexity index is 321. The molecule has 2 aliphatic rings. The van der Waals surface area contributed by atoms with Crippen molar-refractivity contribution in [1.82, 2.24) is 0 Å². The van der Waals surface area contributed by atoms with E-state index in [1.54, 1.807) is 0 Å². The van der Waals surface area contributed by atoms with Crippen LogP contribution in [0.5, 0.6) is 0 Å². The van der Waals surface area contributed by atoms with E-state index in [2.05, 4.69) is 27.7 Å². The summed E-state index contributed by atoms with van der Waals surface area (Å²) in [6, 6.07) is 0. The number of ether oxygens (including phenoxy) is 1. The highest BCUT2D eigenvalue weighted by Crippen LogP contribution is 2.47. The van der Waals surface area contributed by atoms with E-state index < -0.39 is 0 Å². The van der Waals surface area contributed by atoms with Crippen LogP contribution in [-0.2, 0) is 9.53 Å². The first-order valence-electron chi connectivity index (χ1n) is 5.21. The van der Waals surface area contributed by atoms with Gasteiger partial charge in [0.25, 0.3) is 0 Å². The van der Waals surface area contributed by atoms with Gasteiger partial charge in [0.2, 0.25) is 0 Å². The fraction of sp³-hybridized carbons (Fsp3) is 0.750. The first kappa shape index (κ1) is 9.75. The van der Waals surface area contributed by atoms with Gasteiger partial charge in [0.05, 0.1) is 6.61 Å². The van der Waals surface area contributed by atoms with Crippen molar-refractivity contribution in [1.29, 1.82) is 0 Å². The van der Waals surface area contributed by atoms with Crippen molar-refractivity contribution in [2.75, 3.05) is 6.61 Å². The lowest BCUT2D eigenvalue weighted by Gasteiger charge is -2.30. The third-order valence-electron chi connectivity index (χ3n) is 3.12. The smallest absolute Gasteiger partial charge is 0.163 e. The second kappa shape index (κ2) is 2.62. The van der Waals surface area contributed by atoms with Crippen molar-refractivity contribution in [3.63, 3.8) is 0 Å². The Hall–Kier alpha value is -0.790. The van der Waals surface area contributed by atoms with Gasteiger partial charge in [0.15, 0.2) is 5.78 Å². The Morgan fingerprint density at radius 3 is 2.43 bits per heavy atom. The Morgan fingerprint density at radius 1 is 1.14 bits per heavy atom. The van der Waals surface area contributed by atoms with Crippen LogP contribution in [-0.4, -0.2) is 12.4 Å². The Balaban J connectivity index is 2.41. The molecule has 2 nitrogen and oxygen atoms in total. The number of ketones is 1. The standard InChI is InChI=1S/C12H18O2/c1-11(2)5-8(13)10-9(6-11)14-7-12(10,3)4/h5-7H2,1-4H3. The highest BCUT2D eigenvalue weighted by atomic mass is 16.5. The summed E-state index contributed by atoms with van der Waals surface area (Å²) in [5.41, 5.74) is 0.969. The maximum Gasteiger partial charge on any atom is 0.163 e. The lowest BCUT2D eigenvalue weighted by molar-refractivity contribution is -0.118. The molecule has 0 unspecified atom stereocenters. The molecule has 0 atom stereocenters. The molecule has 2 heteroatoms. The summed E-state index contributed by atoms with van der Waals surface area (Å²) in [7, 11) is 0. The third kappa shape index (κ3) is 1.37. The Labute approximate surface area is 85.3 Å². The van der Waals surface area contributed by atoms with Crippen LogP contribution in [0.15, 0.2) is 11.3 Å². The number of Topliss-reactive ketones (excluding diaryl/α,β-unsaturated/α-hetero) is 1. The molecular weight excluding hydrogens is 176 g/mol. The molecule has 0 bridgehead atoms. The van der Waals surface area contributed by atoms with Gasteiger partial charge in [0.1, 0.15) is 5.76 Å². The van der Waals surface area contributed by atoms with E-state index in [1.807, 2.05) is 0 Å². The van der Waals surface area contributed by atoms with Gasteiger partial charge in [-0.3, -0.25) is 4.79 Å². The molecule has 2 rings (SSSR count). The minimum atomic E-state index is -0.0666. The van der Waals surface area contributed by atoms with Gasteiger partial charge < -0.3 is 4.74 Å². The van der Waals surface area contributed by atoms with Crippen molar-refractivity contribution in [2.24, 2.45) is 10.8 Å². The van der Waals surface area contributed by atoms with Crippen LogP contribution < -0.4 is 0 Å². The van der Waals surface area contributed by atoms with E-state index in [0.29, 0.717) is 18.8 Å². The SMILES string of the molecule is CC1(C)CC(=O)C2=C(C1)OCC2(C)C. The summed E-state index contributed by atoms with van der Waals surface area (Å²) in [5.74, 6) is 1.25. The number of carbonyl (C=O) groups is 1. The fourth-order valence-corrected chi connectivity index (χ4v) is 2.48. The van der Waals surface area contributed by atoms with Gasteiger partial charge in [-0.1, -0.05) is 27.7 Å². The molecular formula is C12H18O2. The molecule has 1 aliphatic heterocycles. The van der Waals surface area contributed by atoms with Crippen LogP contribution >= 0.6 is 0 Å². The molecule has 0 aromatic carbocycles. The van der Waals surface area contributed by atoms with Crippen molar-refractivity contribution >= 4 is 5.78 Å². The van der Waals surface area contributed by atoms with Crippen molar-refractivity contribution in [2.45, 2.75) is 40.5 Å². The largest absolute Gasteiger partial charge is 0.497 e. The fourth-order valence-electron chi connectivity index (χ4n) is 2.48. The molecule has 0 N–H and O–H groups in total. The zero-order chi connectivity index (χ0) is 10.6. The molecule has 0 spiro atoms. The van der Waals surface area contributed by atoms with Gasteiger partial charge in [-0.25, -0.2) is 0 Å². The highest BCUT2D eigenvalue weighted by Gasteiger charge is 2.44. The van der Waals surface area contributed by atoms with E-state index in [0.717, 1.165) is 17.8 Å². The molecule has 0 aromatic heterocycles. The van der Waals surface area contributed by atoms with Crippen molar-refractivity contribution in [3.8, 4) is 0 Å². The average molecular weight is 194 g/mol. The summed E-state index contributed by atoms with van der Waals surface area (Å²) in [5, 5.41) is 0. The maximum atomic E-state index is 12.0. The van der Waals surface area contributed by atoms with Crippen LogP contribution in [0.1, 0.15) is 40.5 Å². The van der Waals surface area contributed by atoms with Crippen LogP contribution in [0.25, 0.3) is 0 Å². The minimum absolute atomic E-state index is 0.0666. The van der Waals surface area contributed by atoms with Crippen LogP contribution in [0.2, 0.25) is 0 Å². The number of hydrogen-bond donors (Lipinski definition) is 0. The highest BCUT2D eigenvalue weighted by molar-refractivity contribution is 5.98. The van der Waals surface area contributed by atoms with Crippen molar-refractivity contribution < 1.29 is 9.53 Å². The molecule has 78 valence electrons. The zero-order valence-electron chi connectivity index (χ0n) is 9.44. The molecule has 0 radical (unpaired) electrons. The van der Waals surface area contributed by atoms with E-state index >= 15 is 0 Å². The molecule has 0 amide bonds. The van der Waals surface area contributed by atoms with Gasteiger partial charge in [-0.2, -0.15) is 0 Å². The number of hydrogen-bond acceptors (Lipinski definition) is 2. The number of carbonyl (C=O) groups excluding carboxylic acids is 1. The van der Waals surface area contributed by atoms with E-state index in [-0.39, 0.29) is 10.8 Å². The first-order valence-corrected chi connectivity index (χ1v) is 5.21. The van der Waals surface area contributed by atoms with Gasteiger partial charge in [-0.15, -0.1) is 0 Å². The van der Waals surface area contributed by atoms with Crippen LogP contribution in [0.3, 0.4) is 0 Å². The van der Waals surface area contributed by atoms with Crippen molar-refractivity contribution in [3.05, 3.63) is 11.3 Å². The van der Waals surface area contributed by atoms with E-state index in [9.17, 15) is 4.79 Å². The molecule has 0 fully saturated rings. The second-order valence-corrected chi connectivity index (χ2v) is 5.91. The maximum absolute atomic E-state index is 12.0. The average Bonchev–Trinajstić information content (AvgIpc) is 2.23. The lowest BCUT2D eigenvalue weighted by atomic mass is 9.71. The summed E-state index contributed by atoms with van der Waals surface area (Å²) >= 11 is 0. The molecule has 0 aromatic rings. The molecule has 1 aliphatic carbocycles. The Morgan fingerprint density at radius 2 is 1.79 bits per heavy atom. The van der Waals surface area contributed by atoms with Crippen LogP contribution in [0, 0.1) is 10.8 Å². The quantitative estimate of drug-likeness (QED) is 0.592. The molecule has 0 saturated heterocycles. The first-order chi connectivity index (χ1) is 6.32. The summed E-state index contributed by atoms with van der Waals surface area (Å²) in [6.07, 6.45) is 1.58. The van der Waals surface area contributed by atoms with Gasteiger partial charge in [0, 0.05) is 23.8 Å². The van der Waals surface area contributed by atoms with Crippen LogP contribution in [0.4, 0.5) is 0 Å². The molecule has 0 saturated carbocycles. The second-order valence-electron chi connectivity index (χ2n) is 5.91.